The smallest absolute Gasteiger partial charge is 0.0492 e. The van der Waals surface area contributed by atoms with Gasteiger partial charge in [-0.15, -0.1) is 0 Å². The second kappa shape index (κ2) is 3.61. The fourth-order valence-corrected chi connectivity index (χ4v) is 3.18. The summed E-state index contributed by atoms with van der Waals surface area (Å²) in [5.41, 5.74) is 7.14. The molecule has 0 radical (unpaired) electrons. The minimum absolute atomic E-state index is 0.196. The van der Waals surface area contributed by atoms with Crippen molar-refractivity contribution >= 4 is 10.9 Å². The molecule has 1 aliphatic rings. The molecule has 2 aromatic rings. The Morgan fingerprint density at radius 2 is 1.94 bits per heavy atom. The van der Waals surface area contributed by atoms with Gasteiger partial charge in [0.2, 0.25) is 0 Å². The maximum Gasteiger partial charge on any atom is 0.0492 e. The molecule has 18 heavy (non-hydrogen) atoms. The van der Waals surface area contributed by atoms with Crippen molar-refractivity contribution in [2.24, 2.45) is 0 Å². The van der Waals surface area contributed by atoms with Crippen LogP contribution in [0.1, 0.15) is 49.2 Å². The van der Waals surface area contributed by atoms with Crippen LogP contribution in [0.3, 0.4) is 0 Å². The quantitative estimate of drug-likeness (QED) is 0.724. The van der Waals surface area contributed by atoms with Crippen LogP contribution in [0.25, 0.3) is 10.9 Å². The van der Waals surface area contributed by atoms with Gasteiger partial charge < -0.3 is 10.3 Å². The van der Waals surface area contributed by atoms with Crippen LogP contribution in [0.4, 0.5) is 0 Å². The Bertz CT molecular complexity index is 620. The van der Waals surface area contributed by atoms with Gasteiger partial charge in [0.15, 0.2) is 0 Å². The molecule has 0 spiro atoms. The average molecular weight is 242 g/mol. The molecule has 0 saturated heterocycles. The predicted molar refractivity (Wildman–Crippen MR) is 77.2 cm³/mol. The van der Waals surface area contributed by atoms with E-state index >= 15 is 0 Å². The lowest BCUT2D eigenvalue weighted by atomic mass is 9.78. The van der Waals surface area contributed by atoms with E-state index in [1.165, 1.54) is 33.3 Å². The Hall–Kier alpha value is -1.28. The molecule has 2 N–H and O–H groups in total. The molecule has 0 saturated carbocycles. The first kappa shape index (κ1) is 11.8. The number of aryl methyl sites for hydroxylation is 2. The minimum Gasteiger partial charge on any atom is -0.357 e. The lowest BCUT2D eigenvalue weighted by molar-refractivity contribution is 0.394. The molecule has 0 amide bonds. The maximum absolute atomic E-state index is 3.67. The van der Waals surface area contributed by atoms with Crippen molar-refractivity contribution in [1.82, 2.24) is 10.3 Å². The number of aromatic amines is 1. The van der Waals surface area contributed by atoms with Gasteiger partial charge >= 0.3 is 0 Å². The van der Waals surface area contributed by atoms with Crippen LogP contribution in [0, 0.1) is 13.8 Å². The molecule has 0 fully saturated rings. The highest BCUT2D eigenvalue weighted by molar-refractivity contribution is 5.89. The molecule has 2 heterocycles. The van der Waals surface area contributed by atoms with E-state index in [4.69, 9.17) is 0 Å². The van der Waals surface area contributed by atoms with Crippen molar-refractivity contribution < 1.29 is 0 Å². The number of hydrogen-bond acceptors (Lipinski definition) is 1. The first-order chi connectivity index (χ1) is 8.42. The SMILES string of the molecule is Cc1ccc2c3c([nH]c2c1C)C(C)NCC3(C)C. The van der Waals surface area contributed by atoms with Gasteiger partial charge in [-0.25, -0.2) is 0 Å². The van der Waals surface area contributed by atoms with Crippen molar-refractivity contribution in [3.8, 4) is 0 Å². The average Bonchev–Trinajstić information content (AvgIpc) is 2.71. The molecule has 1 aromatic carbocycles. The normalized spacial score (nSPS) is 22.2. The standard InChI is InChI=1S/C16H22N2/c1-9-6-7-12-13-15(18-14(12)10(9)2)11(3)17-8-16(13,4)5/h6-7,11,17-18H,8H2,1-5H3. The van der Waals surface area contributed by atoms with Gasteiger partial charge in [-0.05, 0) is 37.5 Å². The van der Waals surface area contributed by atoms with E-state index in [0.717, 1.165) is 6.54 Å². The Labute approximate surface area is 109 Å². The van der Waals surface area contributed by atoms with Gasteiger partial charge in [0.05, 0.1) is 0 Å². The Morgan fingerprint density at radius 3 is 2.67 bits per heavy atom. The van der Waals surface area contributed by atoms with Crippen LogP contribution < -0.4 is 5.32 Å². The fourth-order valence-electron chi connectivity index (χ4n) is 3.18. The first-order valence-electron chi connectivity index (χ1n) is 6.77. The molecule has 3 rings (SSSR count). The number of fused-ring (bicyclic) bond motifs is 3. The van der Waals surface area contributed by atoms with E-state index in [2.05, 4.69) is 57.1 Å². The van der Waals surface area contributed by atoms with Crippen LogP contribution in [0.15, 0.2) is 12.1 Å². The lowest BCUT2D eigenvalue weighted by Crippen LogP contribution is -2.40. The van der Waals surface area contributed by atoms with E-state index in [1.54, 1.807) is 0 Å². The summed E-state index contributed by atoms with van der Waals surface area (Å²) in [7, 11) is 0. The largest absolute Gasteiger partial charge is 0.357 e. The summed E-state index contributed by atoms with van der Waals surface area (Å²) in [4.78, 5) is 3.67. The third-order valence-electron chi connectivity index (χ3n) is 4.49. The minimum atomic E-state index is 0.196. The van der Waals surface area contributed by atoms with Gasteiger partial charge in [-0.2, -0.15) is 0 Å². The number of rotatable bonds is 0. The highest BCUT2D eigenvalue weighted by atomic mass is 15.0. The molecular weight excluding hydrogens is 220 g/mol. The molecule has 96 valence electrons. The van der Waals surface area contributed by atoms with Crippen LogP contribution in [0.5, 0.6) is 0 Å². The van der Waals surface area contributed by atoms with E-state index < -0.39 is 0 Å². The third kappa shape index (κ3) is 1.45. The summed E-state index contributed by atoms with van der Waals surface area (Å²) in [6, 6.07) is 4.95. The number of hydrogen-bond donors (Lipinski definition) is 2. The van der Waals surface area contributed by atoms with E-state index in [-0.39, 0.29) is 5.41 Å². The lowest BCUT2D eigenvalue weighted by Gasteiger charge is -2.34. The van der Waals surface area contributed by atoms with Crippen molar-refractivity contribution in [3.05, 3.63) is 34.5 Å². The summed E-state index contributed by atoms with van der Waals surface area (Å²) in [6.45, 7) is 12.3. The Balaban J connectivity index is 2.41. The highest BCUT2D eigenvalue weighted by Gasteiger charge is 2.34. The second-order valence-corrected chi connectivity index (χ2v) is 6.33. The van der Waals surface area contributed by atoms with Crippen LogP contribution in [-0.4, -0.2) is 11.5 Å². The monoisotopic (exact) mass is 242 g/mol. The topological polar surface area (TPSA) is 27.8 Å². The van der Waals surface area contributed by atoms with Gasteiger partial charge in [-0.3, -0.25) is 0 Å². The maximum atomic E-state index is 3.67. The second-order valence-electron chi connectivity index (χ2n) is 6.33. The van der Waals surface area contributed by atoms with Crippen LogP contribution in [-0.2, 0) is 5.41 Å². The summed E-state index contributed by atoms with van der Waals surface area (Å²) in [5, 5.41) is 5.00. The zero-order valence-corrected chi connectivity index (χ0v) is 11.9. The third-order valence-corrected chi connectivity index (χ3v) is 4.49. The first-order valence-corrected chi connectivity index (χ1v) is 6.77. The fraction of sp³-hybridized carbons (Fsp3) is 0.500. The number of nitrogens with one attached hydrogen (secondary N) is 2. The molecule has 0 bridgehead atoms. The molecule has 1 unspecified atom stereocenters. The van der Waals surface area contributed by atoms with Crippen molar-refractivity contribution in [1.29, 1.82) is 0 Å². The zero-order chi connectivity index (χ0) is 13.1. The van der Waals surface area contributed by atoms with Gasteiger partial charge in [-0.1, -0.05) is 26.0 Å². The Morgan fingerprint density at radius 1 is 1.22 bits per heavy atom. The van der Waals surface area contributed by atoms with E-state index in [0.29, 0.717) is 6.04 Å². The van der Waals surface area contributed by atoms with Crippen LogP contribution in [0.2, 0.25) is 0 Å². The van der Waals surface area contributed by atoms with Gasteiger partial charge in [0.25, 0.3) is 0 Å². The van der Waals surface area contributed by atoms with Gasteiger partial charge in [0, 0.05) is 34.6 Å². The summed E-state index contributed by atoms with van der Waals surface area (Å²) in [6.07, 6.45) is 0. The Kier molecular flexibility index (Phi) is 2.36. The van der Waals surface area contributed by atoms with Crippen LogP contribution >= 0.6 is 0 Å². The molecule has 1 aliphatic heterocycles. The summed E-state index contributed by atoms with van der Waals surface area (Å²) < 4.78 is 0. The van der Waals surface area contributed by atoms with E-state index in [1.807, 2.05) is 0 Å². The van der Waals surface area contributed by atoms with Crippen molar-refractivity contribution in [2.45, 2.75) is 46.1 Å². The van der Waals surface area contributed by atoms with Gasteiger partial charge in [0.1, 0.15) is 0 Å². The molecule has 1 atom stereocenters. The molecule has 1 aromatic heterocycles. The van der Waals surface area contributed by atoms with Crippen molar-refractivity contribution in [3.63, 3.8) is 0 Å². The highest BCUT2D eigenvalue weighted by Crippen LogP contribution is 2.40. The summed E-state index contributed by atoms with van der Waals surface area (Å²) in [5.74, 6) is 0. The number of benzene rings is 1. The molecular formula is C16H22N2. The molecule has 2 nitrogen and oxygen atoms in total. The zero-order valence-electron chi connectivity index (χ0n) is 11.9. The van der Waals surface area contributed by atoms with Crippen molar-refractivity contribution in [2.75, 3.05) is 6.54 Å². The number of H-pyrrole nitrogens is 1. The summed E-state index contributed by atoms with van der Waals surface area (Å²) >= 11 is 0. The van der Waals surface area contributed by atoms with E-state index in [9.17, 15) is 0 Å². The molecule has 2 heteroatoms. The number of aromatic nitrogens is 1. The molecule has 0 aliphatic carbocycles. The predicted octanol–water partition coefficient (Wildman–Crippen LogP) is 3.73.